The molecule has 2 aromatic carbocycles. The predicted molar refractivity (Wildman–Crippen MR) is 85.9 cm³/mol. The first-order valence-electron chi connectivity index (χ1n) is 7.25. The summed E-state index contributed by atoms with van der Waals surface area (Å²) in [6, 6.07) is 16.0. The molecule has 0 spiro atoms. The second-order valence-corrected chi connectivity index (χ2v) is 5.31. The third-order valence-electron chi connectivity index (χ3n) is 3.50. The van der Waals surface area contributed by atoms with E-state index in [2.05, 4.69) is 26.0 Å². The summed E-state index contributed by atoms with van der Waals surface area (Å²) in [7, 11) is 1.66. The second-order valence-electron chi connectivity index (χ2n) is 5.31. The van der Waals surface area contributed by atoms with Crippen LogP contribution in [-0.4, -0.2) is 13.7 Å². The van der Waals surface area contributed by atoms with Crippen molar-refractivity contribution in [3.05, 3.63) is 59.7 Å². The highest BCUT2D eigenvalue weighted by atomic mass is 16.5. The quantitative estimate of drug-likeness (QED) is 0.875. The molecule has 2 rings (SSSR count). The van der Waals surface area contributed by atoms with Crippen molar-refractivity contribution in [3.8, 4) is 11.5 Å². The molecular weight excluding hydrogens is 262 g/mol. The van der Waals surface area contributed by atoms with E-state index in [1.807, 2.05) is 36.4 Å². The molecule has 3 heteroatoms. The van der Waals surface area contributed by atoms with E-state index in [9.17, 15) is 0 Å². The molecule has 0 saturated heterocycles. The molecule has 0 aromatic heterocycles. The van der Waals surface area contributed by atoms with Gasteiger partial charge >= 0.3 is 0 Å². The van der Waals surface area contributed by atoms with Crippen molar-refractivity contribution in [1.29, 1.82) is 0 Å². The van der Waals surface area contributed by atoms with Crippen molar-refractivity contribution in [2.24, 2.45) is 5.73 Å². The Morgan fingerprint density at radius 2 is 1.81 bits per heavy atom. The van der Waals surface area contributed by atoms with Crippen LogP contribution in [-0.2, 0) is 0 Å². The summed E-state index contributed by atoms with van der Waals surface area (Å²) in [5.41, 5.74) is 8.12. The summed E-state index contributed by atoms with van der Waals surface area (Å²) < 4.78 is 11.5. The van der Waals surface area contributed by atoms with Crippen LogP contribution in [0.15, 0.2) is 48.5 Å². The van der Waals surface area contributed by atoms with Gasteiger partial charge in [0.15, 0.2) is 0 Å². The zero-order chi connectivity index (χ0) is 15.2. The van der Waals surface area contributed by atoms with E-state index < -0.39 is 0 Å². The van der Waals surface area contributed by atoms with E-state index >= 15 is 0 Å². The van der Waals surface area contributed by atoms with Crippen LogP contribution >= 0.6 is 0 Å². The average Bonchev–Trinajstić information content (AvgIpc) is 2.52. The number of rotatable bonds is 6. The monoisotopic (exact) mass is 285 g/mol. The van der Waals surface area contributed by atoms with Gasteiger partial charge in [-0.3, -0.25) is 0 Å². The first-order valence-corrected chi connectivity index (χ1v) is 7.25. The van der Waals surface area contributed by atoms with Gasteiger partial charge in [-0.05, 0) is 29.7 Å². The standard InChI is InChI=1S/C18H23NO2/c1-13(2)14-7-6-8-15(11-14)21-18(12-19)16-9-4-5-10-17(16)20-3/h4-11,13,18H,12,19H2,1-3H3. The van der Waals surface area contributed by atoms with Crippen LogP contribution in [0, 0.1) is 0 Å². The third kappa shape index (κ3) is 3.76. The summed E-state index contributed by atoms with van der Waals surface area (Å²) in [5, 5.41) is 0. The minimum absolute atomic E-state index is 0.219. The van der Waals surface area contributed by atoms with E-state index in [0.717, 1.165) is 17.1 Å². The fourth-order valence-electron chi connectivity index (χ4n) is 2.28. The van der Waals surface area contributed by atoms with Gasteiger partial charge in [-0.25, -0.2) is 0 Å². The van der Waals surface area contributed by atoms with Crippen LogP contribution in [0.5, 0.6) is 11.5 Å². The Bertz CT molecular complexity index is 581. The Hall–Kier alpha value is -2.00. The number of ether oxygens (including phenoxy) is 2. The Morgan fingerprint density at radius 3 is 2.48 bits per heavy atom. The maximum absolute atomic E-state index is 6.08. The van der Waals surface area contributed by atoms with Crippen LogP contribution in [0.25, 0.3) is 0 Å². The Morgan fingerprint density at radius 1 is 1.05 bits per heavy atom. The smallest absolute Gasteiger partial charge is 0.139 e. The molecule has 21 heavy (non-hydrogen) atoms. The van der Waals surface area contributed by atoms with Crippen molar-refractivity contribution in [1.82, 2.24) is 0 Å². The largest absolute Gasteiger partial charge is 0.496 e. The van der Waals surface area contributed by atoms with Gasteiger partial charge in [-0.1, -0.05) is 44.2 Å². The van der Waals surface area contributed by atoms with Gasteiger partial charge in [-0.15, -0.1) is 0 Å². The van der Waals surface area contributed by atoms with E-state index in [0.29, 0.717) is 12.5 Å². The van der Waals surface area contributed by atoms with Crippen molar-refractivity contribution >= 4 is 0 Å². The predicted octanol–water partition coefficient (Wildman–Crippen LogP) is 3.90. The maximum Gasteiger partial charge on any atom is 0.139 e. The van der Waals surface area contributed by atoms with E-state index in [1.165, 1.54) is 5.56 Å². The van der Waals surface area contributed by atoms with Crippen LogP contribution < -0.4 is 15.2 Å². The van der Waals surface area contributed by atoms with Crippen LogP contribution in [0.2, 0.25) is 0 Å². The van der Waals surface area contributed by atoms with Crippen molar-refractivity contribution in [3.63, 3.8) is 0 Å². The fourth-order valence-corrected chi connectivity index (χ4v) is 2.28. The normalized spacial score (nSPS) is 12.2. The van der Waals surface area contributed by atoms with Crippen molar-refractivity contribution in [2.45, 2.75) is 25.9 Å². The van der Waals surface area contributed by atoms with Gasteiger partial charge in [0.05, 0.1) is 7.11 Å². The van der Waals surface area contributed by atoms with Gasteiger partial charge < -0.3 is 15.2 Å². The number of nitrogens with two attached hydrogens (primary N) is 1. The lowest BCUT2D eigenvalue weighted by Crippen LogP contribution is -2.19. The zero-order valence-corrected chi connectivity index (χ0v) is 12.9. The Kier molecular flexibility index (Phi) is 5.23. The minimum Gasteiger partial charge on any atom is -0.496 e. The number of methoxy groups -OCH3 is 1. The van der Waals surface area contributed by atoms with Gasteiger partial charge in [0, 0.05) is 12.1 Å². The molecule has 0 amide bonds. The number of benzene rings is 2. The minimum atomic E-state index is -0.219. The molecule has 2 aromatic rings. The molecule has 112 valence electrons. The lowest BCUT2D eigenvalue weighted by Gasteiger charge is -2.20. The molecule has 0 saturated carbocycles. The summed E-state index contributed by atoms with van der Waals surface area (Å²) in [6.07, 6.45) is -0.219. The highest BCUT2D eigenvalue weighted by Crippen LogP contribution is 2.29. The SMILES string of the molecule is COc1ccccc1C(CN)Oc1cccc(C(C)C)c1. The van der Waals surface area contributed by atoms with Gasteiger partial charge in [0.1, 0.15) is 17.6 Å². The van der Waals surface area contributed by atoms with Crippen LogP contribution in [0.3, 0.4) is 0 Å². The first kappa shape index (κ1) is 15.4. The Labute approximate surface area is 126 Å². The summed E-state index contributed by atoms with van der Waals surface area (Å²) >= 11 is 0. The van der Waals surface area contributed by atoms with E-state index in [1.54, 1.807) is 7.11 Å². The average molecular weight is 285 g/mol. The molecule has 3 nitrogen and oxygen atoms in total. The lowest BCUT2D eigenvalue weighted by atomic mass is 10.0. The molecule has 0 radical (unpaired) electrons. The topological polar surface area (TPSA) is 44.5 Å². The van der Waals surface area contributed by atoms with E-state index in [4.69, 9.17) is 15.2 Å². The van der Waals surface area contributed by atoms with Crippen LogP contribution in [0.1, 0.15) is 37.0 Å². The fraction of sp³-hybridized carbons (Fsp3) is 0.333. The van der Waals surface area contributed by atoms with Gasteiger partial charge in [0.25, 0.3) is 0 Å². The molecule has 1 atom stereocenters. The molecule has 1 unspecified atom stereocenters. The number of hydrogen-bond donors (Lipinski definition) is 1. The molecule has 0 heterocycles. The molecule has 0 bridgehead atoms. The summed E-state index contributed by atoms with van der Waals surface area (Å²) in [6.45, 7) is 4.73. The summed E-state index contributed by atoms with van der Waals surface area (Å²) in [4.78, 5) is 0. The Balaban J connectivity index is 2.25. The molecule has 0 aliphatic rings. The molecular formula is C18H23NO2. The first-order chi connectivity index (χ1) is 10.2. The van der Waals surface area contributed by atoms with Gasteiger partial charge in [-0.2, -0.15) is 0 Å². The molecule has 2 N–H and O–H groups in total. The lowest BCUT2D eigenvalue weighted by molar-refractivity contribution is 0.208. The molecule has 0 fully saturated rings. The third-order valence-corrected chi connectivity index (χ3v) is 3.50. The molecule has 0 aliphatic heterocycles. The number of para-hydroxylation sites is 1. The second kappa shape index (κ2) is 7.14. The van der Waals surface area contributed by atoms with Crippen molar-refractivity contribution < 1.29 is 9.47 Å². The molecule has 0 aliphatic carbocycles. The van der Waals surface area contributed by atoms with Crippen LogP contribution in [0.4, 0.5) is 0 Å². The van der Waals surface area contributed by atoms with Crippen molar-refractivity contribution in [2.75, 3.05) is 13.7 Å². The zero-order valence-electron chi connectivity index (χ0n) is 12.9. The summed E-state index contributed by atoms with van der Waals surface area (Å²) in [5.74, 6) is 2.10. The highest BCUT2D eigenvalue weighted by molar-refractivity contribution is 5.37. The van der Waals surface area contributed by atoms with Gasteiger partial charge in [0.2, 0.25) is 0 Å². The van der Waals surface area contributed by atoms with E-state index in [-0.39, 0.29) is 6.10 Å². The highest BCUT2D eigenvalue weighted by Gasteiger charge is 2.16. The number of hydrogen-bond acceptors (Lipinski definition) is 3. The maximum atomic E-state index is 6.08.